The van der Waals surface area contributed by atoms with Crippen molar-refractivity contribution in [2.75, 3.05) is 12.4 Å². The lowest BCUT2D eigenvalue weighted by Gasteiger charge is -2.13. The predicted molar refractivity (Wildman–Crippen MR) is 58.1 cm³/mol. The van der Waals surface area contributed by atoms with E-state index >= 15 is 0 Å². The van der Waals surface area contributed by atoms with Crippen LogP contribution in [0.25, 0.3) is 0 Å². The van der Waals surface area contributed by atoms with E-state index in [4.69, 9.17) is 5.11 Å². The molecule has 86 valence electrons. The molecule has 2 N–H and O–H groups in total. The maximum atomic E-state index is 10.7. The highest BCUT2D eigenvalue weighted by Gasteiger charge is 2.38. The van der Waals surface area contributed by atoms with E-state index in [0.29, 0.717) is 11.5 Å². The minimum absolute atomic E-state index is 0.00426. The molecule has 0 bridgehead atoms. The van der Waals surface area contributed by atoms with Crippen molar-refractivity contribution >= 4 is 17.5 Å². The van der Waals surface area contributed by atoms with Gasteiger partial charge in [0.2, 0.25) is 0 Å². The molecular weight excluding hydrogens is 234 g/mol. The van der Waals surface area contributed by atoms with Crippen LogP contribution in [0.1, 0.15) is 0 Å². The maximum absolute atomic E-state index is 10.7. The van der Waals surface area contributed by atoms with Gasteiger partial charge in [0.15, 0.2) is 6.04 Å². The van der Waals surface area contributed by atoms with Gasteiger partial charge in [-0.25, -0.2) is 0 Å². The number of nitrogens with one attached hydrogen (secondary N) is 1. The highest BCUT2D eigenvalue weighted by Crippen LogP contribution is 2.28. The number of rotatable bonds is 4. The predicted octanol–water partition coefficient (Wildman–Crippen LogP) is 0.0294. The third kappa shape index (κ3) is 1.94. The second kappa shape index (κ2) is 4.64. The van der Waals surface area contributed by atoms with Crippen LogP contribution in [0.4, 0.5) is 0 Å². The summed E-state index contributed by atoms with van der Waals surface area (Å²) in [6.45, 7) is 0.0417. The monoisotopic (exact) mass is 243 g/mol. The van der Waals surface area contributed by atoms with Gasteiger partial charge < -0.3 is 5.11 Å². The molecule has 0 fully saturated rings. The third-order valence-corrected chi connectivity index (χ3v) is 3.14. The Bertz CT molecular complexity index is 404. The topological polar surface area (TPSA) is 97.0 Å². The summed E-state index contributed by atoms with van der Waals surface area (Å²) in [6, 6.07) is -0.624. The molecule has 0 spiro atoms. The second-order valence-corrected chi connectivity index (χ2v) is 4.21. The Morgan fingerprint density at radius 3 is 3.19 bits per heavy atom. The van der Waals surface area contributed by atoms with E-state index in [2.05, 4.69) is 15.6 Å². The third-order valence-electron chi connectivity index (χ3n) is 2.10. The van der Waals surface area contributed by atoms with Crippen molar-refractivity contribution in [3.8, 4) is 0 Å². The molecule has 7 nitrogen and oxygen atoms in total. The van der Waals surface area contributed by atoms with Crippen LogP contribution in [-0.4, -0.2) is 34.1 Å². The van der Waals surface area contributed by atoms with E-state index in [1.165, 1.54) is 17.8 Å². The van der Waals surface area contributed by atoms with Crippen molar-refractivity contribution in [2.24, 2.45) is 5.16 Å². The van der Waals surface area contributed by atoms with E-state index in [9.17, 15) is 10.1 Å². The van der Waals surface area contributed by atoms with Crippen LogP contribution in [-0.2, 0) is 4.94 Å². The Morgan fingerprint density at radius 1 is 1.69 bits per heavy atom. The molecule has 0 aromatic heterocycles. The Labute approximate surface area is 94.9 Å². The van der Waals surface area contributed by atoms with Crippen LogP contribution >= 0.6 is 11.8 Å². The molecule has 0 aromatic carbocycles. The van der Waals surface area contributed by atoms with Crippen LogP contribution in [0.2, 0.25) is 0 Å². The Balaban J connectivity index is 2.24. The number of nitrogens with zero attached hydrogens (tertiary/aromatic N) is 2. The molecule has 1 heterocycles. The van der Waals surface area contributed by atoms with Crippen molar-refractivity contribution in [1.82, 2.24) is 5.48 Å². The first-order chi connectivity index (χ1) is 7.74. The van der Waals surface area contributed by atoms with Gasteiger partial charge in [-0.15, -0.1) is 17.2 Å². The van der Waals surface area contributed by atoms with E-state index in [0.717, 1.165) is 4.91 Å². The summed E-state index contributed by atoms with van der Waals surface area (Å²) in [7, 11) is 0. The van der Waals surface area contributed by atoms with Crippen molar-refractivity contribution in [3.05, 3.63) is 32.9 Å². The number of allylic oxidation sites excluding steroid dienone is 2. The number of nitro groups is 1. The molecular formula is C8H9N3O4S. The normalized spacial score (nSPS) is 22.8. The first-order valence-corrected chi connectivity index (χ1v) is 5.52. The first kappa shape index (κ1) is 11.1. The summed E-state index contributed by atoms with van der Waals surface area (Å²) < 4.78 is 0. The summed E-state index contributed by atoms with van der Waals surface area (Å²) in [5.74, 6) is 0.513. The van der Waals surface area contributed by atoms with Crippen molar-refractivity contribution in [2.45, 2.75) is 6.04 Å². The molecule has 0 saturated carbocycles. The zero-order valence-corrected chi connectivity index (χ0v) is 8.94. The average Bonchev–Trinajstić information content (AvgIpc) is 2.74. The van der Waals surface area contributed by atoms with Gasteiger partial charge in [0.25, 0.3) is 5.70 Å². The summed E-state index contributed by atoms with van der Waals surface area (Å²) in [6.07, 6.45) is 3.04. The highest BCUT2D eigenvalue weighted by atomic mass is 32.2. The molecule has 0 amide bonds. The van der Waals surface area contributed by atoms with Crippen LogP contribution < -0.4 is 5.48 Å². The fourth-order valence-corrected chi connectivity index (χ4v) is 2.19. The molecule has 0 radical (unpaired) electrons. The van der Waals surface area contributed by atoms with Gasteiger partial charge >= 0.3 is 0 Å². The number of hydroxylamine groups is 1. The number of aliphatic hydroxyl groups is 1. The summed E-state index contributed by atoms with van der Waals surface area (Å²) in [5, 5.41) is 23.2. The fraction of sp³-hybridized carbons (Fsp3) is 0.375. The minimum atomic E-state index is -0.624. The van der Waals surface area contributed by atoms with Gasteiger partial charge in [0.1, 0.15) is 5.71 Å². The second-order valence-electron chi connectivity index (χ2n) is 3.07. The van der Waals surface area contributed by atoms with Crippen molar-refractivity contribution < 1.29 is 15.0 Å². The number of hydrogen-bond acceptors (Lipinski definition) is 7. The average molecular weight is 243 g/mol. The van der Waals surface area contributed by atoms with E-state index in [1.807, 2.05) is 0 Å². The lowest BCUT2D eigenvalue weighted by molar-refractivity contribution is -0.429. The molecule has 1 aliphatic carbocycles. The Morgan fingerprint density at radius 2 is 2.50 bits per heavy atom. The van der Waals surface area contributed by atoms with E-state index in [1.54, 1.807) is 6.08 Å². The van der Waals surface area contributed by atoms with Crippen LogP contribution in [0.5, 0.6) is 0 Å². The van der Waals surface area contributed by atoms with Gasteiger partial charge in [-0.3, -0.25) is 15.1 Å². The largest absolute Gasteiger partial charge is 0.396 e. The van der Waals surface area contributed by atoms with Crippen molar-refractivity contribution in [1.29, 1.82) is 0 Å². The molecule has 1 aliphatic heterocycles. The molecule has 16 heavy (non-hydrogen) atoms. The maximum Gasteiger partial charge on any atom is 0.272 e. The number of fused-ring (bicyclic) bond motifs is 1. The van der Waals surface area contributed by atoms with E-state index < -0.39 is 11.0 Å². The van der Waals surface area contributed by atoms with Crippen LogP contribution in [0.15, 0.2) is 27.9 Å². The molecule has 2 aliphatic rings. The molecule has 1 unspecified atom stereocenters. The van der Waals surface area contributed by atoms with Crippen LogP contribution in [0, 0.1) is 10.1 Å². The van der Waals surface area contributed by atoms with Gasteiger partial charge in [-0.05, 0) is 6.08 Å². The lowest BCUT2D eigenvalue weighted by atomic mass is 10.0. The smallest absolute Gasteiger partial charge is 0.272 e. The number of thioether (sulfide) groups is 1. The zero-order chi connectivity index (χ0) is 11.5. The quantitative estimate of drug-likeness (QED) is 0.534. The summed E-state index contributed by atoms with van der Waals surface area (Å²) in [4.78, 5) is 15.7. The summed E-state index contributed by atoms with van der Waals surface area (Å²) in [5.41, 5.74) is 2.96. The Hall–Kier alpha value is -1.38. The highest BCUT2D eigenvalue weighted by molar-refractivity contribution is 8.04. The van der Waals surface area contributed by atoms with Gasteiger partial charge in [0, 0.05) is 16.7 Å². The van der Waals surface area contributed by atoms with Crippen LogP contribution in [0.3, 0.4) is 0 Å². The molecule has 8 heteroatoms. The molecule has 2 rings (SSSR count). The summed E-state index contributed by atoms with van der Waals surface area (Å²) >= 11 is 1.38. The van der Waals surface area contributed by atoms with Gasteiger partial charge in [-0.2, -0.15) is 0 Å². The fourth-order valence-electron chi connectivity index (χ4n) is 1.41. The number of oxime groups is 1. The standard InChI is InChI=1S/C8H9N3O4S/c12-3-4-16-6-2-1-5(11(13)14)7-8(6)10-15-9-7/h1-2,7,9,12H,3-4H2. The zero-order valence-electron chi connectivity index (χ0n) is 8.12. The van der Waals surface area contributed by atoms with Crippen molar-refractivity contribution in [3.63, 3.8) is 0 Å². The minimum Gasteiger partial charge on any atom is -0.396 e. The molecule has 0 aromatic rings. The Kier molecular flexibility index (Phi) is 3.22. The number of aliphatic hydroxyl groups excluding tert-OH is 1. The van der Waals surface area contributed by atoms with Gasteiger partial charge in [-0.1, -0.05) is 5.16 Å². The molecule has 0 saturated heterocycles. The first-order valence-electron chi connectivity index (χ1n) is 4.53. The molecule has 1 atom stereocenters. The SMILES string of the molecule is O=[N+]([O-])C1=CC=C(SCCO)C2=NONC12. The number of hydrogen-bond donors (Lipinski definition) is 2. The lowest BCUT2D eigenvalue weighted by Crippen LogP contribution is -2.36. The van der Waals surface area contributed by atoms with Gasteiger partial charge in [0.05, 0.1) is 11.5 Å². The van der Waals surface area contributed by atoms with E-state index in [-0.39, 0.29) is 12.3 Å².